The van der Waals surface area contributed by atoms with Crippen molar-refractivity contribution in [1.82, 2.24) is 9.55 Å². The lowest BCUT2D eigenvalue weighted by Gasteiger charge is -2.03. The van der Waals surface area contributed by atoms with Gasteiger partial charge in [-0.1, -0.05) is 0 Å². The van der Waals surface area contributed by atoms with E-state index in [1.807, 2.05) is 0 Å². The van der Waals surface area contributed by atoms with Crippen LogP contribution in [0.4, 0.5) is 13.2 Å². The van der Waals surface area contributed by atoms with Crippen LogP contribution < -0.4 is 0 Å². The summed E-state index contributed by atoms with van der Waals surface area (Å²) in [7, 11) is 1.30. The van der Waals surface area contributed by atoms with Crippen LogP contribution in [0, 0.1) is 0 Å². The molecule has 2 nitrogen and oxygen atoms in total. The SMILES string of the molecule is Cn1ccnc1C(F)(F)F. The third kappa shape index (κ3) is 1.12. The molecule has 0 aliphatic heterocycles. The van der Waals surface area contributed by atoms with Gasteiger partial charge in [0.2, 0.25) is 5.82 Å². The summed E-state index contributed by atoms with van der Waals surface area (Å²) in [5.74, 6) is -0.868. The van der Waals surface area contributed by atoms with E-state index < -0.39 is 12.0 Å². The predicted octanol–water partition coefficient (Wildman–Crippen LogP) is 1.44. The molecule has 56 valence electrons. The van der Waals surface area contributed by atoms with Gasteiger partial charge in [0.15, 0.2) is 0 Å². The maximum Gasteiger partial charge on any atom is 0.449 e. The molecule has 5 heteroatoms. The van der Waals surface area contributed by atoms with Crippen molar-refractivity contribution in [3.8, 4) is 0 Å². The maximum atomic E-state index is 11.8. The number of hydrogen-bond acceptors (Lipinski definition) is 1. The van der Waals surface area contributed by atoms with E-state index in [1.54, 1.807) is 0 Å². The molecule has 0 saturated heterocycles. The van der Waals surface area contributed by atoms with E-state index in [4.69, 9.17) is 0 Å². The zero-order valence-electron chi connectivity index (χ0n) is 5.18. The van der Waals surface area contributed by atoms with Crippen LogP contribution in [-0.2, 0) is 13.2 Å². The fourth-order valence-corrected chi connectivity index (χ4v) is 0.639. The fraction of sp³-hybridized carbons (Fsp3) is 0.400. The van der Waals surface area contributed by atoms with Gasteiger partial charge in [-0.3, -0.25) is 0 Å². The minimum atomic E-state index is -4.34. The molecule has 1 aromatic heterocycles. The number of aryl methyl sites for hydroxylation is 1. The van der Waals surface area contributed by atoms with Gasteiger partial charge in [-0.05, 0) is 0 Å². The molecular formula is C5H5F3N2. The fourth-order valence-electron chi connectivity index (χ4n) is 0.639. The van der Waals surface area contributed by atoms with Crippen molar-refractivity contribution in [2.45, 2.75) is 6.18 Å². The van der Waals surface area contributed by atoms with Gasteiger partial charge in [-0.2, -0.15) is 13.2 Å². The average molecular weight is 150 g/mol. The van der Waals surface area contributed by atoms with Crippen LogP contribution in [-0.4, -0.2) is 9.55 Å². The Bertz CT molecular complexity index is 225. The molecule has 10 heavy (non-hydrogen) atoms. The Kier molecular flexibility index (Phi) is 1.42. The van der Waals surface area contributed by atoms with E-state index in [2.05, 4.69) is 4.98 Å². The highest BCUT2D eigenvalue weighted by molar-refractivity contribution is 4.95. The van der Waals surface area contributed by atoms with Gasteiger partial charge in [-0.25, -0.2) is 4.98 Å². The number of alkyl halides is 3. The van der Waals surface area contributed by atoms with Crippen LogP contribution in [0.25, 0.3) is 0 Å². The topological polar surface area (TPSA) is 17.8 Å². The molecule has 0 fully saturated rings. The lowest BCUT2D eigenvalue weighted by Crippen LogP contribution is -2.11. The van der Waals surface area contributed by atoms with Crippen molar-refractivity contribution in [2.24, 2.45) is 7.05 Å². The zero-order valence-corrected chi connectivity index (χ0v) is 5.18. The molecule has 1 heterocycles. The summed E-state index contributed by atoms with van der Waals surface area (Å²) >= 11 is 0. The maximum absolute atomic E-state index is 11.8. The van der Waals surface area contributed by atoms with Gasteiger partial charge in [0.05, 0.1) is 0 Å². The predicted molar refractivity (Wildman–Crippen MR) is 28.2 cm³/mol. The first kappa shape index (κ1) is 7.11. The van der Waals surface area contributed by atoms with Crippen LogP contribution in [0.15, 0.2) is 12.4 Å². The van der Waals surface area contributed by atoms with Crippen molar-refractivity contribution in [1.29, 1.82) is 0 Å². The lowest BCUT2D eigenvalue weighted by atomic mass is 10.6. The summed E-state index contributed by atoms with van der Waals surface area (Å²) in [6.45, 7) is 0. The highest BCUT2D eigenvalue weighted by Gasteiger charge is 2.34. The van der Waals surface area contributed by atoms with Gasteiger partial charge in [0, 0.05) is 19.4 Å². The van der Waals surface area contributed by atoms with E-state index in [0.717, 1.165) is 10.8 Å². The Morgan fingerprint density at radius 2 is 2.10 bits per heavy atom. The van der Waals surface area contributed by atoms with Gasteiger partial charge < -0.3 is 4.57 Å². The van der Waals surface area contributed by atoms with Crippen LogP contribution in [0.5, 0.6) is 0 Å². The highest BCUT2D eigenvalue weighted by atomic mass is 19.4. The van der Waals surface area contributed by atoms with E-state index in [-0.39, 0.29) is 0 Å². The monoisotopic (exact) mass is 150 g/mol. The summed E-state index contributed by atoms with van der Waals surface area (Å²) in [5, 5.41) is 0. The lowest BCUT2D eigenvalue weighted by molar-refractivity contribution is -0.146. The van der Waals surface area contributed by atoms with Gasteiger partial charge in [0.1, 0.15) is 0 Å². The Balaban J connectivity index is 3.05. The second kappa shape index (κ2) is 2.00. The molecule has 0 aliphatic rings. The molecule has 0 atom stereocenters. The van der Waals surface area contributed by atoms with Gasteiger partial charge in [0.25, 0.3) is 0 Å². The molecule has 0 aromatic carbocycles. The van der Waals surface area contributed by atoms with Crippen LogP contribution in [0.3, 0.4) is 0 Å². The molecule has 0 amide bonds. The second-order valence-electron chi connectivity index (χ2n) is 1.86. The first-order valence-electron chi connectivity index (χ1n) is 2.56. The number of halogens is 3. The third-order valence-corrected chi connectivity index (χ3v) is 1.07. The minimum absolute atomic E-state index is 0.868. The minimum Gasteiger partial charge on any atom is -0.330 e. The molecule has 1 aromatic rings. The number of nitrogens with zero attached hydrogens (tertiary/aromatic N) is 2. The van der Waals surface area contributed by atoms with Crippen molar-refractivity contribution < 1.29 is 13.2 Å². The Hall–Kier alpha value is -1.00. The van der Waals surface area contributed by atoms with Gasteiger partial charge in [-0.15, -0.1) is 0 Å². The molecule has 0 saturated carbocycles. The summed E-state index contributed by atoms with van der Waals surface area (Å²) in [4.78, 5) is 3.12. The standard InChI is InChI=1S/C5H5F3N2/c1-10-3-2-9-4(10)5(6,7)8/h2-3H,1H3. The quantitative estimate of drug-likeness (QED) is 0.547. The summed E-state index contributed by atoms with van der Waals surface area (Å²) in [6, 6.07) is 0. The number of imidazole rings is 1. The zero-order chi connectivity index (χ0) is 7.78. The van der Waals surface area contributed by atoms with Gasteiger partial charge >= 0.3 is 6.18 Å². The third-order valence-electron chi connectivity index (χ3n) is 1.07. The normalized spacial score (nSPS) is 12.0. The molecule has 1 rings (SSSR count). The average Bonchev–Trinajstić information content (AvgIpc) is 2.11. The van der Waals surface area contributed by atoms with Crippen LogP contribution in [0.2, 0.25) is 0 Å². The van der Waals surface area contributed by atoms with Crippen molar-refractivity contribution >= 4 is 0 Å². The first-order valence-corrected chi connectivity index (χ1v) is 2.56. The van der Waals surface area contributed by atoms with Crippen LogP contribution >= 0.6 is 0 Å². The van der Waals surface area contributed by atoms with E-state index >= 15 is 0 Å². The Morgan fingerprint density at radius 3 is 2.30 bits per heavy atom. The largest absolute Gasteiger partial charge is 0.449 e. The highest BCUT2D eigenvalue weighted by Crippen LogP contribution is 2.26. The van der Waals surface area contributed by atoms with Crippen molar-refractivity contribution in [3.63, 3.8) is 0 Å². The molecule has 0 aliphatic carbocycles. The molecule has 0 unspecified atom stereocenters. The summed E-state index contributed by atoms with van der Waals surface area (Å²) < 4.78 is 36.3. The number of hydrogen-bond donors (Lipinski definition) is 0. The number of rotatable bonds is 0. The summed E-state index contributed by atoms with van der Waals surface area (Å²) in [6.07, 6.45) is -1.97. The smallest absolute Gasteiger partial charge is 0.330 e. The summed E-state index contributed by atoms with van der Waals surface area (Å²) in [5.41, 5.74) is 0. The van der Waals surface area contributed by atoms with Crippen molar-refractivity contribution in [2.75, 3.05) is 0 Å². The Morgan fingerprint density at radius 1 is 1.50 bits per heavy atom. The molecular weight excluding hydrogens is 145 g/mol. The first-order chi connectivity index (χ1) is 4.52. The van der Waals surface area contributed by atoms with E-state index in [0.29, 0.717) is 0 Å². The molecule has 0 N–H and O–H groups in total. The second-order valence-corrected chi connectivity index (χ2v) is 1.86. The van der Waals surface area contributed by atoms with E-state index in [9.17, 15) is 13.2 Å². The number of aromatic nitrogens is 2. The van der Waals surface area contributed by atoms with Crippen molar-refractivity contribution in [3.05, 3.63) is 18.2 Å². The molecule has 0 radical (unpaired) electrons. The molecule has 0 bridgehead atoms. The van der Waals surface area contributed by atoms with Crippen LogP contribution in [0.1, 0.15) is 5.82 Å². The molecule has 0 spiro atoms. The Labute approximate surface area is 55.3 Å². The van der Waals surface area contributed by atoms with E-state index in [1.165, 1.54) is 13.2 Å².